The fourth-order valence-corrected chi connectivity index (χ4v) is 5.33. The summed E-state index contributed by atoms with van der Waals surface area (Å²) >= 11 is 1.60. The number of hydrogen-bond donors (Lipinski definition) is 2. The quantitative estimate of drug-likeness (QED) is 0.895. The number of thiophene rings is 1. The fourth-order valence-electron chi connectivity index (χ4n) is 4.28. The molecule has 0 bridgehead atoms. The van der Waals surface area contributed by atoms with Gasteiger partial charge in [0.1, 0.15) is 10.7 Å². The number of aromatic nitrogens is 2. The summed E-state index contributed by atoms with van der Waals surface area (Å²) in [5.74, 6) is 0.728. The van der Waals surface area contributed by atoms with Crippen LogP contribution in [0.4, 0.5) is 0 Å². The molecule has 1 aliphatic heterocycles. The van der Waals surface area contributed by atoms with Crippen molar-refractivity contribution in [3.05, 3.63) is 26.6 Å². The lowest BCUT2D eigenvalue weighted by molar-refractivity contribution is -0.0390. The minimum atomic E-state index is -0.0197. The Morgan fingerprint density at radius 1 is 1.33 bits per heavy atom. The predicted molar refractivity (Wildman–Crippen MR) is 96.7 cm³/mol. The van der Waals surface area contributed by atoms with Crippen LogP contribution >= 0.6 is 11.3 Å². The van der Waals surface area contributed by atoms with E-state index < -0.39 is 0 Å². The molecule has 2 aromatic rings. The van der Waals surface area contributed by atoms with Gasteiger partial charge >= 0.3 is 0 Å². The van der Waals surface area contributed by atoms with Crippen LogP contribution in [0.25, 0.3) is 10.2 Å². The van der Waals surface area contributed by atoms with Crippen LogP contribution < -0.4 is 10.9 Å². The first kappa shape index (κ1) is 16.2. The maximum absolute atomic E-state index is 12.4. The van der Waals surface area contributed by atoms with E-state index in [1.165, 1.54) is 24.1 Å². The summed E-state index contributed by atoms with van der Waals surface area (Å²) in [5.41, 5.74) is 1.04. The standard InChI is InChI=1S/C18H25N3O2S/c1-11-12(2)24-17-15(11)16(22)20-14(21-17)10-19-13-6-9-23-18(13)7-4-3-5-8-18/h13,19H,3-10H2,1-2H3,(H,20,21,22). The Morgan fingerprint density at radius 3 is 2.92 bits per heavy atom. The molecule has 1 saturated heterocycles. The molecule has 2 aliphatic rings. The van der Waals surface area contributed by atoms with Crippen molar-refractivity contribution in [2.75, 3.05) is 6.61 Å². The molecule has 1 aliphatic carbocycles. The average Bonchev–Trinajstić information content (AvgIpc) is 3.07. The molecule has 1 spiro atoms. The number of aryl methyl sites for hydroxylation is 2. The monoisotopic (exact) mass is 347 g/mol. The average molecular weight is 347 g/mol. The number of nitrogens with one attached hydrogen (secondary N) is 2. The van der Waals surface area contributed by atoms with E-state index in [2.05, 4.69) is 15.3 Å². The zero-order valence-corrected chi connectivity index (χ0v) is 15.2. The van der Waals surface area contributed by atoms with Gasteiger partial charge < -0.3 is 15.0 Å². The molecule has 0 amide bonds. The lowest BCUT2D eigenvalue weighted by Gasteiger charge is -2.38. The van der Waals surface area contributed by atoms with Crippen molar-refractivity contribution < 1.29 is 4.74 Å². The van der Waals surface area contributed by atoms with Gasteiger partial charge in [-0.3, -0.25) is 4.79 Å². The van der Waals surface area contributed by atoms with E-state index in [-0.39, 0.29) is 11.2 Å². The predicted octanol–water partition coefficient (Wildman–Crippen LogP) is 3.18. The Labute approximate surface area is 145 Å². The fraction of sp³-hybridized carbons (Fsp3) is 0.667. The number of ether oxygens (including phenoxy) is 1. The Morgan fingerprint density at radius 2 is 2.12 bits per heavy atom. The van der Waals surface area contributed by atoms with Crippen molar-refractivity contribution in [2.24, 2.45) is 0 Å². The first-order valence-electron chi connectivity index (χ1n) is 8.95. The van der Waals surface area contributed by atoms with Gasteiger partial charge in [0.15, 0.2) is 0 Å². The van der Waals surface area contributed by atoms with Gasteiger partial charge in [-0.25, -0.2) is 4.98 Å². The Bertz CT molecular complexity index is 804. The van der Waals surface area contributed by atoms with Crippen LogP contribution in [-0.2, 0) is 11.3 Å². The minimum absolute atomic E-state index is 0.0127. The second-order valence-corrected chi connectivity index (χ2v) is 8.38. The lowest BCUT2D eigenvalue weighted by Crippen LogP contribution is -2.49. The molecule has 0 radical (unpaired) electrons. The third kappa shape index (κ3) is 2.70. The van der Waals surface area contributed by atoms with E-state index >= 15 is 0 Å². The number of fused-ring (bicyclic) bond motifs is 1. The van der Waals surface area contributed by atoms with Gasteiger partial charge in [-0.1, -0.05) is 19.3 Å². The summed E-state index contributed by atoms with van der Waals surface area (Å²) in [4.78, 5) is 22.0. The molecule has 3 heterocycles. The highest BCUT2D eigenvalue weighted by atomic mass is 32.1. The SMILES string of the molecule is Cc1sc2nc(CNC3CCOC34CCCCC4)[nH]c(=O)c2c1C. The Kier molecular flexibility index (Phi) is 4.22. The third-order valence-electron chi connectivity index (χ3n) is 5.74. The molecule has 130 valence electrons. The van der Waals surface area contributed by atoms with Crippen molar-refractivity contribution in [2.45, 2.75) is 70.6 Å². The highest BCUT2D eigenvalue weighted by Crippen LogP contribution is 2.39. The molecule has 1 atom stereocenters. The molecule has 24 heavy (non-hydrogen) atoms. The molecule has 5 nitrogen and oxygen atoms in total. The van der Waals surface area contributed by atoms with Gasteiger partial charge in [0.05, 0.1) is 17.5 Å². The normalized spacial score (nSPS) is 23.3. The van der Waals surface area contributed by atoms with E-state index in [0.29, 0.717) is 12.6 Å². The first-order chi connectivity index (χ1) is 11.6. The molecule has 0 aromatic carbocycles. The second kappa shape index (κ2) is 6.24. The van der Waals surface area contributed by atoms with Crippen LogP contribution in [0, 0.1) is 13.8 Å². The van der Waals surface area contributed by atoms with Gasteiger partial charge in [-0.15, -0.1) is 11.3 Å². The van der Waals surface area contributed by atoms with E-state index in [0.717, 1.165) is 47.5 Å². The van der Waals surface area contributed by atoms with E-state index in [4.69, 9.17) is 4.74 Å². The number of H-pyrrole nitrogens is 1. The number of nitrogens with zero attached hydrogens (tertiary/aromatic N) is 1. The maximum Gasteiger partial charge on any atom is 0.259 e. The summed E-state index contributed by atoms with van der Waals surface area (Å²) in [7, 11) is 0. The van der Waals surface area contributed by atoms with Crippen LogP contribution in [0.1, 0.15) is 54.8 Å². The summed E-state index contributed by atoms with van der Waals surface area (Å²) in [6.07, 6.45) is 7.18. The molecule has 2 aromatic heterocycles. The van der Waals surface area contributed by atoms with Gasteiger partial charge in [0.2, 0.25) is 0 Å². The highest BCUT2D eigenvalue weighted by Gasteiger charge is 2.44. The number of hydrogen-bond acceptors (Lipinski definition) is 5. The molecule has 1 unspecified atom stereocenters. The molecule has 1 saturated carbocycles. The van der Waals surface area contributed by atoms with Crippen molar-refractivity contribution in [3.8, 4) is 0 Å². The van der Waals surface area contributed by atoms with Crippen LogP contribution in [0.15, 0.2) is 4.79 Å². The van der Waals surface area contributed by atoms with Crippen LogP contribution in [0.5, 0.6) is 0 Å². The molecule has 2 fully saturated rings. The number of rotatable bonds is 3. The molecular formula is C18H25N3O2S. The van der Waals surface area contributed by atoms with Crippen LogP contribution in [0.2, 0.25) is 0 Å². The summed E-state index contributed by atoms with van der Waals surface area (Å²) < 4.78 is 6.14. The van der Waals surface area contributed by atoms with Crippen LogP contribution in [-0.4, -0.2) is 28.2 Å². The highest BCUT2D eigenvalue weighted by molar-refractivity contribution is 7.18. The molecule has 2 N–H and O–H groups in total. The van der Waals surface area contributed by atoms with E-state index in [9.17, 15) is 4.79 Å². The molecular weight excluding hydrogens is 322 g/mol. The largest absolute Gasteiger partial charge is 0.373 e. The van der Waals surface area contributed by atoms with Crippen molar-refractivity contribution in [3.63, 3.8) is 0 Å². The van der Waals surface area contributed by atoms with E-state index in [1.54, 1.807) is 11.3 Å². The van der Waals surface area contributed by atoms with E-state index in [1.807, 2.05) is 13.8 Å². The minimum Gasteiger partial charge on any atom is -0.373 e. The zero-order valence-electron chi connectivity index (χ0n) is 14.4. The van der Waals surface area contributed by atoms with Crippen LogP contribution in [0.3, 0.4) is 0 Å². The molecule has 6 heteroatoms. The maximum atomic E-state index is 12.4. The summed E-state index contributed by atoms with van der Waals surface area (Å²) in [5, 5.41) is 4.36. The second-order valence-electron chi connectivity index (χ2n) is 7.17. The zero-order chi connectivity index (χ0) is 16.7. The first-order valence-corrected chi connectivity index (χ1v) is 9.77. The van der Waals surface area contributed by atoms with Gasteiger partial charge in [0.25, 0.3) is 5.56 Å². The Balaban J connectivity index is 1.53. The van der Waals surface area contributed by atoms with Gasteiger partial charge in [0, 0.05) is 17.5 Å². The van der Waals surface area contributed by atoms with Gasteiger partial charge in [-0.05, 0) is 38.7 Å². The number of aromatic amines is 1. The lowest BCUT2D eigenvalue weighted by atomic mass is 9.79. The topological polar surface area (TPSA) is 67.0 Å². The van der Waals surface area contributed by atoms with Crippen molar-refractivity contribution in [1.29, 1.82) is 0 Å². The van der Waals surface area contributed by atoms with Crippen molar-refractivity contribution in [1.82, 2.24) is 15.3 Å². The smallest absolute Gasteiger partial charge is 0.259 e. The van der Waals surface area contributed by atoms with Crippen molar-refractivity contribution >= 4 is 21.6 Å². The molecule has 4 rings (SSSR count). The summed E-state index contributed by atoms with van der Waals surface area (Å²) in [6.45, 7) is 5.47. The van der Waals surface area contributed by atoms with Gasteiger partial charge in [-0.2, -0.15) is 0 Å². The Hall–Kier alpha value is -1.24. The summed E-state index contributed by atoms with van der Waals surface area (Å²) in [6, 6.07) is 0.366. The third-order valence-corrected chi connectivity index (χ3v) is 6.84.